The fourth-order valence-electron chi connectivity index (χ4n) is 4.99. The number of aromatic nitrogens is 1. The minimum atomic E-state index is -3.66. The van der Waals surface area contributed by atoms with Crippen molar-refractivity contribution in [1.82, 2.24) is 8.87 Å². The molecule has 32 heavy (non-hydrogen) atoms. The van der Waals surface area contributed by atoms with Gasteiger partial charge in [-0.1, -0.05) is 24.3 Å². The minimum absolute atomic E-state index is 0.301. The number of fused-ring (bicyclic) bond motifs is 1. The largest absolute Gasteiger partial charge is 0.382 e. The Bertz CT molecular complexity index is 1180. The van der Waals surface area contributed by atoms with E-state index in [1.165, 1.54) is 16.8 Å². The summed E-state index contributed by atoms with van der Waals surface area (Å²) in [6.45, 7) is 3.79. The lowest BCUT2D eigenvalue weighted by molar-refractivity contribution is 0.00791. The van der Waals surface area contributed by atoms with Crippen molar-refractivity contribution in [2.24, 2.45) is 0 Å². The fraction of sp³-hybridized carbons (Fsp3) is 0.417. The van der Waals surface area contributed by atoms with Crippen molar-refractivity contribution >= 4 is 49.2 Å². The summed E-state index contributed by atoms with van der Waals surface area (Å²) >= 11 is 2.12. The summed E-state index contributed by atoms with van der Waals surface area (Å²) in [6.07, 6.45) is 4.63. The number of nitrogens with zero attached hydrogens (tertiary/aromatic N) is 2. The van der Waals surface area contributed by atoms with E-state index < -0.39 is 10.0 Å². The molecule has 0 amide bonds. The van der Waals surface area contributed by atoms with Crippen molar-refractivity contribution in [2.45, 2.75) is 42.7 Å². The minimum Gasteiger partial charge on any atom is -0.382 e. The molecule has 1 aliphatic carbocycles. The quantitative estimate of drug-likeness (QED) is 0.461. The van der Waals surface area contributed by atoms with Gasteiger partial charge >= 0.3 is 0 Å². The second-order valence-electron chi connectivity index (χ2n) is 8.59. The van der Waals surface area contributed by atoms with Crippen molar-refractivity contribution < 1.29 is 13.2 Å². The molecular weight excluding hydrogens is 537 g/mol. The number of hydrogen-bond acceptors (Lipinski definition) is 5. The van der Waals surface area contributed by atoms with Crippen molar-refractivity contribution in [1.29, 1.82) is 0 Å². The van der Waals surface area contributed by atoms with E-state index in [4.69, 9.17) is 4.74 Å². The zero-order chi connectivity index (χ0) is 22.1. The molecular formula is C24H28IN3O3S. The molecule has 170 valence electrons. The summed E-state index contributed by atoms with van der Waals surface area (Å²) in [5.41, 5.74) is 1.72. The Morgan fingerprint density at radius 3 is 2.38 bits per heavy atom. The summed E-state index contributed by atoms with van der Waals surface area (Å²) in [5, 5.41) is 4.68. The first-order chi connectivity index (χ1) is 15.5. The molecule has 1 saturated heterocycles. The van der Waals surface area contributed by atoms with Crippen LogP contribution >= 0.6 is 22.6 Å². The number of halogens is 1. The summed E-state index contributed by atoms with van der Waals surface area (Å²) in [5.74, 6) is 0. The van der Waals surface area contributed by atoms with Crippen LogP contribution in [0.2, 0.25) is 0 Å². The first-order valence-electron chi connectivity index (χ1n) is 11.2. The average molecular weight is 565 g/mol. The SMILES string of the molecule is O=S(=O)(c1ccccc1)n1c(I)cc2c(N[C@H]3CC[C@H](N4CCOCC4)CC3)cccc21. The van der Waals surface area contributed by atoms with E-state index in [2.05, 4.69) is 38.9 Å². The van der Waals surface area contributed by atoms with Crippen LogP contribution in [0.15, 0.2) is 59.5 Å². The molecule has 0 unspecified atom stereocenters. The third kappa shape index (κ3) is 4.30. The Morgan fingerprint density at radius 1 is 0.938 bits per heavy atom. The van der Waals surface area contributed by atoms with E-state index in [1.54, 1.807) is 24.3 Å². The summed E-state index contributed by atoms with van der Waals surface area (Å²) in [6, 6.07) is 17.6. The second-order valence-corrected chi connectivity index (χ2v) is 11.5. The van der Waals surface area contributed by atoms with Gasteiger partial charge in [0.05, 0.1) is 27.3 Å². The van der Waals surface area contributed by atoms with Crippen LogP contribution < -0.4 is 5.32 Å². The number of morpholine rings is 1. The van der Waals surface area contributed by atoms with E-state index in [-0.39, 0.29) is 0 Å². The molecule has 2 aromatic carbocycles. The molecule has 6 nitrogen and oxygen atoms in total. The summed E-state index contributed by atoms with van der Waals surface area (Å²) in [4.78, 5) is 2.88. The van der Waals surface area contributed by atoms with Gasteiger partial charge in [-0.2, -0.15) is 0 Å². The molecule has 8 heteroatoms. The third-order valence-corrected chi connectivity index (χ3v) is 9.52. The number of benzene rings is 2. The third-order valence-electron chi connectivity index (χ3n) is 6.66. The lowest BCUT2D eigenvalue weighted by Crippen LogP contribution is -2.46. The number of nitrogens with one attached hydrogen (secondary N) is 1. The Balaban J connectivity index is 1.37. The van der Waals surface area contributed by atoms with Gasteiger partial charge < -0.3 is 10.1 Å². The number of hydrogen-bond donors (Lipinski definition) is 1. The molecule has 2 aliphatic rings. The zero-order valence-electron chi connectivity index (χ0n) is 17.9. The van der Waals surface area contributed by atoms with Crippen LogP contribution in [0.25, 0.3) is 10.9 Å². The van der Waals surface area contributed by atoms with Crippen LogP contribution in [0.4, 0.5) is 5.69 Å². The molecule has 2 fully saturated rings. The molecule has 1 aliphatic heterocycles. The maximum atomic E-state index is 13.3. The Kier molecular flexibility index (Phi) is 6.46. The van der Waals surface area contributed by atoms with E-state index in [1.807, 2.05) is 24.3 Å². The van der Waals surface area contributed by atoms with Gasteiger partial charge in [0.2, 0.25) is 0 Å². The van der Waals surface area contributed by atoms with E-state index in [0.29, 0.717) is 26.2 Å². The molecule has 2 heterocycles. The van der Waals surface area contributed by atoms with Gasteiger partial charge in [0.25, 0.3) is 10.0 Å². The van der Waals surface area contributed by atoms with Gasteiger partial charge in [0.1, 0.15) is 0 Å². The first-order valence-corrected chi connectivity index (χ1v) is 13.7. The van der Waals surface area contributed by atoms with Crippen LogP contribution in [0.5, 0.6) is 0 Å². The van der Waals surface area contributed by atoms with Crippen molar-refractivity contribution in [3.05, 3.63) is 58.3 Å². The molecule has 1 saturated carbocycles. The van der Waals surface area contributed by atoms with E-state index >= 15 is 0 Å². The van der Waals surface area contributed by atoms with Gasteiger partial charge in [-0.15, -0.1) is 0 Å². The van der Waals surface area contributed by atoms with Crippen LogP contribution in [0.3, 0.4) is 0 Å². The molecule has 0 atom stereocenters. The van der Waals surface area contributed by atoms with Crippen LogP contribution in [-0.2, 0) is 14.8 Å². The zero-order valence-corrected chi connectivity index (χ0v) is 20.9. The Hall–Kier alpha value is -1.62. The molecule has 5 rings (SSSR count). The van der Waals surface area contributed by atoms with Crippen molar-refractivity contribution in [3.8, 4) is 0 Å². The van der Waals surface area contributed by atoms with Gasteiger partial charge in [0, 0.05) is 36.2 Å². The number of anilines is 1. The monoisotopic (exact) mass is 565 g/mol. The standard InChI is InChI=1S/C24H28IN3O3S/c25-24-17-21-22(26-18-9-11-19(12-10-18)27-13-15-31-16-14-27)7-4-8-23(21)28(24)32(29,30)20-5-2-1-3-6-20/h1-8,17-19,26H,9-16H2/t18-,19-. The molecule has 0 bridgehead atoms. The highest BCUT2D eigenvalue weighted by Gasteiger charge is 2.28. The topological polar surface area (TPSA) is 63.6 Å². The van der Waals surface area contributed by atoms with Crippen molar-refractivity contribution in [2.75, 3.05) is 31.6 Å². The maximum absolute atomic E-state index is 13.3. The smallest absolute Gasteiger partial charge is 0.269 e. The maximum Gasteiger partial charge on any atom is 0.269 e. The predicted octanol–water partition coefficient (Wildman–Crippen LogP) is 4.54. The normalized spacial score (nSPS) is 22.8. The van der Waals surface area contributed by atoms with Crippen LogP contribution in [0, 0.1) is 3.70 Å². The Labute approximate surface area is 203 Å². The number of rotatable bonds is 5. The highest BCUT2D eigenvalue weighted by Crippen LogP contribution is 2.33. The summed E-state index contributed by atoms with van der Waals surface area (Å²) < 4.78 is 34.3. The van der Waals surface area contributed by atoms with Crippen LogP contribution in [0.1, 0.15) is 25.7 Å². The van der Waals surface area contributed by atoms with Gasteiger partial charge in [-0.05, 0) is 78.6 Å². The average Bonchev–Trinajstić information content (AvgIpc) is 3.18. The van der Waals surface area contributed by atoms with Crippen LogP contribution in [-0.4, -0.2) is 55.7 Å². The molecule has 0 radical (unpaired) electrons. The highest BCUT2D eigenvalue weighted by molar-refractivity contribution is 14.1. The van der Waals surface area contributed by atoms with E-state index in [0.717, 1.165) is 50.2 Å². The van der Waals surface area contributed by atoms with E-state index in [9.17, 15) is 8.42 Å². The van der Waals surface area contributed by atoms with Gasteiger partial charge in [-0.25, -0.2) is 12.4 Å². The van der Waals surface area contributed by atoms with Gasteiger partial charge in [0.15, 0.2) is 0 Å². The fourth-order valence-corrected chi connectivity index (χ4v) is 7.75. The molecule has 1 aromatic heterocycles. The summed E-state index contributed by atoms with van der Waals surface area (Å²) in [7, 11) is -3.66. The predicted molar refractivity (Wildman–Crippen MR) is 136 cm³/mol. The number of ether oxygens (including phenoxy) is 1. The highest BCUT2D eigenvalue weighted by atomic mass is 127. The molecule has 3 aromatic rings. The Morgan fingerprint density at radius 2 is 1.66 bits per heavy atom. The van der Waals surface area contributed by atoms with Crippen molar-refractivity contribution in [3.63, 3.8) is 0 Å². The van der Waals surface area contributed by atoms with Gasteiger partial charge in [-0.3, -0.25) is 4.90 Å². The first kappa shape index (κ1) is 22.2. The molecule has 1 N–H and O–H groups in total. The lowest BCUT2D eigenvalue weighted by atomic mass is 9.89. The lowest BCUT2D eigenvalue weighted by Gasteiger charge is -2.39. The second kappa shape index (κ2) is 9.32. The molecule has 0 spiro atoms.